The summed E-state index contributed by atoms with van der Waals surface area (Å²) in [6.07, 6.45) is 4.13. The van der Waals surface area contributed by atoms with E-state index in [1.807, 2.05) is 26.8 Å². The molecule has 23 heavy (non-hydrogen) atoms. The molecule has 0 spiro atoms. The standard InChI is InChI=1S/C18H21ClFNO2/c1-18(2,3)23-17(22)21-13-5-6-14(21)9-11(8-13)15-10-12(19)4-7-16(15)20/h4,7-8,10,13-14H,5-6,9H2,1-3H3. The fourth-order valence-corrected chi connectivity index (χ4v) is 3.54. The molecule has 3 rings (SSSR count). The summed E-state index contributed by atoms with van der Waals surface area (Å²) in [5.74, 6) is -0.272. The zero-order chi connectivity index (χ0) is 16.8. The average Bonchev–Trinajstić information content (AvgIpc) is 2.71. The molecule has 5 heteroatoms. The summed E-state index contributed by atoms with van der Waals surface area (Å²) in [6.45, 7) is 5.58. The van der Waals surface area contributed by atoms with E-state index in [9.17, 15) is 9.18 Å². The lowest BCUT2D eigenvalue weighted by atomic mass is 9.94. The van der Waals surface area contributed by atoms with Crippen LogP contribution in [0.25, 0.3) is 5.57 Å². The molecule has 2 bridgehead atoms. The van der Waals surface area contributed by atoms with Gasteiger partial charge in [-0.25, -0.2) is 9.18 Å². The van der Waals surface area contributed by atoms with Crippen molar-refractivity contribution in [2.45, 2.75) is 57.7 Å². The lowest BCUT2D eigenvalue weighted by Gasteiger charge is -2.35. The Hall–Kier alpha value is -1.55. The van der Waals surface area contributed by atoms with Gasteiger partial charge in [-0.2, -0.15) is 0 Å². The molecule has 1 aromatic carbocycles. The second-order valence-electron chi connectivity index (χ2n) is 7.21. The summed E-state index contributed by atoms with van der Waals surface area (Å²) in [6, 6.07) is 4.63. The first-order valence-corrected chi connectivity index (χ1v) is 8.30. The predicted molar refractivity (Wildman–Crippen MR) is 88.9 cm³/mol. The molecule has 2 atom stereocenters. The van der Waals surface area contributed by atoms with E-state index in [0.717, 1.165) is 18.4 Å². The Morgan fingerprint density at radius 2 is 2.09 bits per heavy atom. The van der Waals surface area contributed by atoms with E-state index in [1.54, 1.807) is 17.0 Å². The molecule has 0 aliphatic carbocycles. The van der Waals surface area contributed by atoms with Crippen molar-refractivity contribution in [1.82, 2.24) is 4.90 Å². The first-order chi connectivity index (χ1) is 10.7. The third-order valence-electron chi connectivity index (χ3n) is 4.27. The summed E-state index contributed by atoms with van der Waals surface area (Å²) in [7, 11) is 0. The maximum absolute atomic E-state index is 14.1. The lowest BCUT2D eigenvalue weighted by molar-refractivity contribution is 0.0175. The summed E-state index contributed by atoms with van der Waals surface area (Å²) in [4.78, 5) is 14.2. The van der Waals surface area contributed by atoms with Gasteiger partial charge in [0, 0.05) is 16.6 Å². The number of ether oxygens (including phenoxy) is 1. The van der Waals surface area contributed by atoms with Crippen LogP contribution >= 0.6 is 11.6 Å². The fraction of sp³-hybridized carbons (Fsp3) is 0.500. The van der Waals surface area contributed by atoms with E-state index in [1.165, 1.54) is 6.07 Å². The maximum atomic E-state index is 14.1. The van der Waals surface area contributed by atoms with Crippen molar-refractivity contribution in [1.29, 1.82) is 0 Å². The van der Waals surface area contributed by atoms with Crippen molar-refractivity contribution in [3.63, 3.8) is 0 Å². The van der Waals surface area contributed by atoms with Crippen LogP contribution in [0.5, 0.6) is 0 Å². The topological polar surface area (TPSA) is 29.5 Å². The lowest BCUT2D eigenvalue weighted by Crippen LogP contribution is -2.45. The molecule has 1 fully saturated rings. The number of hydrogen-bond acceptors (Lipinski definition) is 2. The van der Waals surface area contributed by atoms with E-state index in [-0.39, 0.29) is 24.0 Å². The van der Waals surface area contributed by atoms with Crippen LogP contribution in [0, 0.1) is 5.82 Å². The molecule has 1 amide bonds. The normalized spacial score (nSPS) is 23.7. The Morgan fingerprint density at radius 1 is 1.35 bits per heavy atom. The maximum Gasteiger partial charge on any atom is 0.411 e. The van der Waals surface area contributed by atoms with Crippen molar-refractivity contribution in [3.05, 3.63) is 40.7 Å². The minimum Gasteiger partial charge on any atom is -0.444 e. The largest absolute Gasteiger partial charge is 0.444 e. The SMILES string of the molecule is CC(C)(C)OC(=O)N1C2C=C(c3cc(Cl)ccc3F)CC1CC2. The van der Waals surface area contributed by atoms with Gasteiger partial charge in [0.05, 0.1) is 6.04 Å². The van der Waals surface area contributed by atoms with Crippen LogP contribution in [0.15, 0.2) is 24.3 Å². The predicted octanol–water partition coefficient (Wildman–Crippen LogP) is 5.03. The van der Waals surface area contributed by atoms with Crippen LogP contribution in [-0.4, -0.2) is 28.7 Å². The van der Waals surface area contributed by atoms with Gasteiger partial charge in [-0.3, -0.25) is 4.90 Å². The van der Waals surface area contributed by atoms with Gasteiger partial charge in [-0.1, -0.05) is 17.7 Å². The molecular weight excluding hydrogens is 317 g/mol. The highest BCUT2D eigenvalue weighted by Gasteiger charge is 2.41. The van der Waals surface area contributed by atoms with Gasteiger partial charge in [0.25, 0.3) is 0 Å². The van der Waals surface area contributed by atoms with Crippen LogP contribution in [-0.2, 0) is 4.74 Å². The summed E-state index contributed by atoms with van der Waals surface area (Å²) in [5.41, 5.74) is 0.954. The molecule has 0 N–H and O–H groups in total. The number of carbonyl (C=O) groups excluding carboxylic acids is 1. The Bertz CT molecular complexity index is 665. The highest BCUT2D eigenvalue weighted by Crippen LogP contribution is 2.40. The quantitative estimate of drug-likeness (QED) is 0.719. The molecular formula is C18H21ClFNO2. The van der Waals surface area contributed by atoms with E-state index >= 15 is 0 Å². The second-order valence-corrected chi connectivity index (χ2v) is 7.64. The molecule has 2 unspecified atom stereocenters. The van der Waals surface area contributed by atoms with Crippen LogP contribution < -0.4 is 0 Å². The van der Waals surface area contributed by atoms with E-state index in [2.05, 4.69) is 0 Å². The van der Waals surface area contributed by atoms with Gasteiger partial charge >= 0.3 is 6.09 Å². The van der Waals surface area contributed by atoms with Crippen LogP contribution in [0.1, 0.15) is 45.6 Å². The van der Waals surface area contributed by atoms with Gasteiger partial charge in [-0.05, 0) is 63.8 Å². The molecule has 2 aliphatic rings. The molecule has 2 aliphatic heterocycles. The molecule has 124 valence electrons. The summed E-state index contributed by atoms with van der Waals surface area (Å²) >= 11 is 6.00. The van der Waals surface area contributed by atoms with Crippen molar-refractivity contribution in [2.24, 2.45) is 0 Å². The number of rotatable bonds is 1. The van der Waals surface area contributed by atoms with Crippen molar-refractivity contribution in [2.75, 3.05) is 0 Å². The molecule has 2 heterocycles. The average molecular weight is 338 g/mol. The number of amides is 1. The van der Waals surface area contributed by atoms with Crippen molar-refractivity contribution in [3.8, 4) is 0 Å². The van der Waals surface area contributed by atoms with Gasteiger partial charge < -0.3 is 4.74 Å². The smallest absolute Gasteiger partial charge is 0.411 e. The number of fused-ring (bicyclic) bond motifs is 2. The molecule has 1 saturated heterocycles. The summed E-state index contributed by atoms with van der Waals surface area (Å²) in [5, 5.41) is 0.518. The van der Waals surface area contributed by atoms with Gasteiger partial charge in [0.1, 0.15) is 11.4 Å². The minimum atomic E-state index is -0.514. The Labute approximate surface area is 141 Å². The molecule has 3 nitrogen and oxygen atoms in total. The molecule has 0 aromatic heterocycles. The van der Waals surface area contributed by atoms with E-state index in [4.69, 9.17) is 16.3 Å². The zero-order valence-electron chi connectivity index (χ0n) is 13.6. The highest BCUT2D eigenvalue weighted by molar-refractivity contribution is 6.30. The first kappa shape index (κ1) is 16.3. The van der Waals surface area contributed by atoms with Crippen molar-refractivity contribution < 1.29 is 13.9 Å². The molecule has 1 aromatic rings. The Kier molecular flexibility index (Phi) is 4.13. The second kappa shape index (κ2) is 5.82. The highest BCUT2D eigenvalue weighted by atomic mass is 35.5. The van der Waals surface area contributed by atoms with Gasteiger partial charge in [-0.15, -0.1) is 0 Å². The van der Waals surface area contributed by atoms with E-state index < -0.39 is 5.60 Å². The Balaban J connectivity index is 1.86. The van der Waals surface area contributed by atoms with Crippen molar-refractivity contribution >= 4 is 23.3 Å². The number of benzene rings is 1. The van der Waals surface area contributed by atoms with Crippen LogP contribution in [0.2, 0.25) is 5.02 Å². The first-order valence-electron chi connectivity index (χ1n) is 7.92. The monoisotopic (exact) mass is 337 g/mol. The number of hydrogen-bond donors (Lipinski definition) is 0. The molecule has 0 radical (unpaired) electrons. The van der Waals surface area contributed by atoms with E-state index in [0.29, 0.717) is 17.0 Å². The van der Waals surface area contributed by atoms with Crippen LogP contribution in [0.4, 0.5) is 9.18 Å². The third kappa shape index (κ3) is 3.37. The minimum absolute atomic E-state index is 0.0306. The Morgan fingerprint density at radius 3 is 2.74 bits per heavy atom. The fourth-order valence-electron chi connectivity index (χ4n) is 3.37. The third-order valence-corrected chi connectivity index (χ3v) is 4.51. The number of nitrogens with zero attached hydrogens (tertiary/aromatic N) is 1. The number of carbonyl (C=O) groups is 1. The van der Waals surface area contributed by atoms with Gasteiger partial charge in [0.2, 0.25) is 0 Å². The van der Waals surface area contributed by atoms with Gasteiger partial charge in [0.15, 0.2) is 0 Å². The zero-order valence-corrected chi connectivity index (χ0v) is 14.4. The number of halogens is 2. The summed E-state index contributed by atoms with van der Waals surface area (Å²) < 4.78 is 19.6. The van der Waals surface area contributed by atoms with Crippen LogP contribution in [0.3, 0.4) is 0 Å². The molecule has 0 saturated carbocycles.